The molecule has 2 N–H and O–H groups in total. The smallest absolute Gasteiger partial charge is 0.233 e. The van der Waals surface area contributed by atoms with E-state index in [-0.39, 0.29) is 11.2 Å². The summed E-state index contributed by atoms with van der Waals surface area (Å²) in [5.74, 6) is 0.653. The molecule has 9 heteroatoms. The number of rotatable bonds is 7. The molecule has 1 aromatic carbocycles. The van der Waals surface area contributed by atoms with E-state index in [1.54, 1.807) is 12.3 Å². The largest absolute Gasteiger partial charge is 0.467 e. The highest BCUT2D eigenvalue weighted by molar-refractivity contribution is 9.10. The van der Waals surface area contributed by atoms with Gasteiger partial charge in [-0.15, -0.1) is 10.2 Å². The Bertz CT molecular complexity index is 838. The molecule has 0 saturated heterocycles. The van der Waals surface area contributed by atoms with E-state index in [2.05, 4.69) is 36.8 Å². The molecule has 0 spiro atoms. The number of aromatic nitrogens is 2. The van der Waals surface area contributed by atoms with Crippen molar-refractivity contribution in [2.45, 2.75) is 23.1 Å². The Kier molecular flexibility index (Phi) is 6.11. The maximum atomic E-state index is 12.1. The van der Waals surface area contributed by atoms with Crippen LogP contribution < -0.4 is 10.6 Å². The second kappa shape index (κ2) is 8.50. The minimum absolute atomic E-state index is 0.0712. The fourth-order valence-electron chi connectivity index (χ4n) is 1.93. The highest BCUT2D eigenvalue weighted by Crippen LogP contribution is 2.30. The van der Waals surface area contributed by atoms with Crippen molar-refractivity contribution in [2.75, 3.05) is 5.32 Å². The van der Waals surface area contributed by atoms with Gasteiger partial charge in [-0.2, -0.15) is 0 Å². The van der Waals surface area contributed by atoms with Crippen LogP contribution in [0.15, 0.2) is 55.9 Å². The van der Waals surface area contributed by atoms with Crippen molar-refractivity contribution < 1.29 is 9.21 Å². The van der Waals surface area contributed by atoms with E-state index in [4.69, 9.17) is 4.42 Å². The second-order valence-electron chi connectivity index (χ2n) is 5.07. The van der Waals surface area contributed by atoms with Crippen molar-refractivity contribution in [3.05, 3.63) is 52.9 Å². The van der Waals surface area contributed by atoms with Crippen molar-refractivity contribution >= 4 is 55.8 Å². The summed E-state index contributed by atoms with van der Waals surface area (Å²) in [7, 11) is 0. The van der Waals surface area contributed by atoms with Gasteiger partial charge in [-0.25, -0.2) is 0 Å². The Morgan fingerprint density at radius 2 is 2.24 bits per heavy atom. The monoisotopic (exact) mass is 438 g/mol. The first-order valence-corrected chi connectivity index (χ1v) is 9.92. The zero-order chi connectivity index (χ0) is 17.6. The maximum Gasteiger partial charge on any atom is 0.233 e. The zero-order valence-corrected chi connectivity index (χ0v) is 16.5. The third kappa shape index (κ3) is 5.32. The van der Waals surface area contributed by atoms with E-state index >= 15 is 0 Å². The van der Waals surface area contributed by atoms with Crippen LogP contribution in [0, 0.1) is 0 Å². The quantitative estimate of drug-likeness (QED) is 0.530. The predicted octanol–water partition coefficient (Wildman–Crippen LogP) is 4.43. The molecule has 0 saturated carbocycles. The van der Waals surface area contributed by atoms with Crippen LogP contribution in [0.1, 0.15) is 12.7 Å². The van der Waals surface area contributed by atoms with E-state index in [1.807, 2.05) is 37.3 Å². The molecule has 1 unspecified atom stereocenters. The number of nitrogens with zero attached hydrogens (tertiary/aromatic N) is 2. The van der Waals surface area contributed by atoms with Crippen LogP contribution in [-0.2, 0) is 11.3 Å². The van der Waals surface area contributed by atoms with Crippen molar-refractivity contribution in [3.63, 3.8) is 0 Å². The van der Waals surface area contributed by atoms with Crippen LogP contribution in [0.4, 0.5) is 10.8 Å². The van der Waals surface area contributed by atoms with Gasteiger partial charge in [-0.05, 0) is 37.3 Å². The molecule has 2 aromatic heterocycles. The average Bonchev–Trinajstić information content (AvgIpc) is 3.24. The fraction of sp³-hybridized carbons (Fsp3) is 0.188. The number of carbonyl (C=O) groups is 1. The van der Waals surface area contributed by atoms with Gasteiger partial charge < -0.3 is 15.1 Å². The minimum atomic E-state index is -0.276. The summed E-state index contributed by atoms with van der Waals surface area (Å²) in [6.07, 6.45) is 1.58. The Morgan fingerprint density at radius 1 is 1.36 bits per heavy atom. The summed E-state index contributed by atoms with van der Waals surface area (Å²) >= 11 is 6.22. The normalized spacial score (nSPS) is 11.9. The number of nitrogens with one attached hydrogen (secondary N) is 2. The standard InChI is InChI=1S/C16H15BrN4O2S2/c1-10(14(22)18-9-13-6-3-7-23-13)24-16-21-20-15(25-16)19-12-5-2-4-11(17)8-12/h2-8,10H,9H2,1H3,(H,18,22)(H,19,20). The summed E-state index contributed by atoms with van der Waals surface area (Å²) < 4.78 is 6.92. The van der Waals surface area contributed by atoms with Crippen molar-refractivity contribution in [2.24, 2.45) is 0 Å². The Morgan fingerprint density at radius 3 is 3.00 bits per heavy atom. The zero-order valence-electron chi connectivity index (χ0n) is 13.2. The summed E-state index contributed by atoms with van der Waals surface area (Å²) in [5, 5.41) is 14.7. The number of carbonyl (C=O) groups excluding carboxylic acids is 1. The molecule has 1 amide bonds. The number of thioether (sulfide) groups is 1. The number of halogens is 1. The van der Waals surface area contributed by atoms with Gasteiger partial charge in [0, 0.05) is 10.2 Å². The summed E-state index contributed by atoms with van der Waals surface area (Å²) in [4.78, 5) is 12.1. The van der Waals surface area contributed by atoms with Crippen molar-refractivity contribution in [3.8, 4) is 0 Å². The molecule has 0 aliphatic rings. The van der Waals surface area contributed by atoms with Crippen molar-refractivity contribution in [1.29, 1.82) is 0 Å². The topological polar surface area (TPSA) is 80.0 Å². The molecule has 3 aromatic rings. The van der Waals surface area contributed by atoms with Gasteiger partial charge in [0.2, 0.25) is 11.0 Å². The molecule has 0 fully saturated rings. The van der Waals surface area contributed by atoms with Crippen LogP contribution in [0.2, 0.25) is 0 Å². The van der Waals surface area contributed by atoms with Gasteiger partial charge in [0.05, 0.1) is 18.1 Å². The predicted molar refractivity (Wildman–Crippen MR) is 103 cm³/mol. The molecule has 0 aliphatic carbocycles. The molecular formula is C16H15BrN4O2S2. The van der Waals surface area contributed by atoms with Gasteiger partial charge >= 0.3 is 0 Å². The summed E-state index contributed by atoms with van der Waals surface area (Å²) in [6.45, 7) is 2.22. The summed E-state index contributed by atoms with van der Waals surface area (Å²) in [6, 6.07) is 11.4. The minimum Gasteiger partial charge on any atom is -0.467 e. The first kappa shape index (κ1) is 18.0. The molecule has 6 nitrogen and oxygen atoms in total. The fourth-order valence-corrected chi connectivity index (χ4v) is 4.27. The highest BCUT2D eigenvalue weighted by atomic mass is 79.9. The molecule has 25 heavy (non-hydrogen) atoms. The second-order valence-corrected chi connectivity index (χ2v) is 8.55. The van der Waals surface area contributed by atoms with Crippen LogP contribution in [-0.4, -0.2) is 21.4 Å². The number of benzene rings is 1. The van der Waals surface area contributed by atoms with Gasteiger partial charge in [-0.1, -0.05) is 45.1 Å². The van der Waals surface area contributed by atoms with Crippen molar-refractivity contribution in [1.82, 2.24) is 15.5 Å². The molecule has 0 bridgehead atoms. The number of anilines is 2. The lowest BCUT2D eigenvalue weighted by Gasteiger charge is -2.08. The first-order chi connectivity index (χ1) is 12.1. The molecule has 1 atom stereocenters. The Balaban J connectivity index is 1.52. The van der Waals surface area contributed by atoms with E-state index in [0.29, 0.717) is 11.7 Å². The lowest BCUT2D eigenvalue weighted by molar-refractivity contribution is -0.120. The van der Waals surface area contributed by atoms with Gasteiger partial charge in [-0.3, -0.25) is 4.79 Å². The highest BCUT2D eigenvalue weighted by Gasteiger charge is 2.17. The van der Waals surface area contributed by atoms with E-state index in [0.717, 1.165) is 20.3 Å². The SMILES string of the molecule is CC(Sc1nnc(Nc2cccc(Br)c2)s1)C(=O)NCc1ccco1. The number of hydrogen-bond acceptors (Lipinski definition) is 7. The van der Waals surface area contributed by atoms with Crippen LogP contribution >= 0.6 is 39.0 Å². The van der Waals surface area contributed by atoms with Crippen LogP contribution in [0.3, 0.4) is 0 Å². The van der Waals surface area contributed by atoms with Crippen LogP contribution in [0.25, 0.3) is 0 Å². The maximum absolute atomic E-state index is 12.1. The van der Waals surface area contributed by atoms with E-state index in [1.165, 1.54) is 23.1 Å². The lowest BCUT2D eigenvalue weighted by Crippen LogP contribution is -2.30. The van der Waals surface area contributed by atoms with E-state index < -0.39 is 0 Å². The molecular weight excluding hydrogens is 424 g/mol. The average molecular weight is 439 g/mol. The molecule has 3 rings (SSSR count). The van der Waals surface area contributed by atoms with Crippen LogP contribution in [0.5, 0.6) is 0 Å². The third-order valence-electron chi connectivity index (χ3n) is 3.15. The van der Waals surface area contributed by atoms with Gasteiger partial charge in [0.1, 0.15) is 5.76 Å². The molecule has 0 radical (unpaired) electrons. The number of hydrogen-bond donors (Lipinski definition) is 2. The molecule has 2 heterocycles. The molecule has 0 aliphatic heterocycles. The molecule has 130 valence electrons. The lowest BCUT2D eigenvalue weighted by atomic mass is 10.3. The summed E-state index contributed by atoms with van der Waals surface area (Å²) in [5.41, 5.74) is 0.923. The van der Waals surface area contributed by atoms with E-state index in [9.17, 15) is 4.79 Å². The number of furan rings is 1. The Labute approximate surface area is 161 Å². The van der Waals surface area contributed by atoms with Gasteiger partial charge in [0.15, 0.2) is 4.34 Å². The number of amides is 1. The Hall–Kier alpha value is -1.84. The first-order valence-electron chi connectivity index (χ1n) is 7.43. The third-order valence-corrected chi connectivity index (χ3v) is 5.66. The van der Waals surface area contributed by atoms with Gasteiger partial charge in [0.25, 0.3) is 0 Å².